The molecule has 0 saturated carbocycles. The second kappa shape index (κ2) is 5.82. The van der Waals surface area contributed by atoms with Crippen LogP contribution >= 0.6 is 0 Å². The van der Waals surface area contributed by atoms with Gasteiger partial charge in [0.2, 0.25) is 5.91 Å². The molecule has 3 nitrogen and oxygen atoms in total. The molecule has 0 saturated heterocycles. The molecule has 0 fully saturated rings. The molecular formula is C21H21NO2. The Morgan fingerprint density at radius 3 is 2.88 bits per heavy atom. The van der Waals surface area contributed by atoms with Gasteiger partial charge in [0.15, 0.2) is 0 Å². The summed E-state index contributed by atoms with van der Waals surface area (Å²) in [6, 6.07) is 12.7. The van der Waals surface area contributed by atoms with Crippen molar-refractivity contribution in [2.75, 3.05) is 0 Å². The minimum Gasteiger partial charge on any atom is -0.464 e. The maximum Gasteiger partial charge on any atom is 0.225 e. The molecule has 1 aliphatic carbocycles. The van der Waals surface area contributed by atoms with Gasteiger partial charge in [0.1, 0.15) is 5.58 Å². The van der Waals surface area contributed by atoms with Gasteiger partial charge < -0.3 is 9.73 Å². The maximum atomic E-state index is 12.5. The number of amides is 1. The average Bonchev–Trinajstić information content (AvgIpc) is 3.13. The zero-order valence-electron chi connectivity index (χ0n) is 14.1. The zero-order chi connectivity index (χ0) is 16.7. The summed E-state index contributed by atoms with van der Waals surface area (Å²) in [4.78, 5) is 12.5. The predicted molar refractivity (Wildman–Crippen MR) is 95.0 cm³/mol. The van der Waals surface area contributed by atoms with Crippen LogP contribution in [-0.2, 0) is 17.6 Å². The van der Waals surface area contributed by atoms with Crippen LogP contribution in [0.2, 0.25) is 0 Å². The van der Waals surface area contributed by atoms with E-state index in [1.165, 1.54) is 22.3 Å². The largest absolute Gasteiger partial charge is 0.464 e. The van der Waals surface area contributed by atoms with Gasteiger partial charge in [-0.25, -0.2) is 0 Å². The Bertz CT molecular complexity index is 923. The SMILES string of the molecule is Cc1cc2occ(CC(=O)N[C@H]3CCc4ccccc43)c2cc1C. The number of hydrogen-bond donors (Lipinski definition) is 1. The molecule has 1 heterocycles. The number of fused-ring (bicyclic) bond motifs is 2. The highest BCUT2D eigenvalue weighted by Crippen LogP contribution is 2.31. The Hall–Kier alpha value is -2.55. The molecule has 1 aliphatic rings. The number of hydrogen-bond acceptors (Lipinski definition) is 2. The summed E-state index contributed by atoms with van der Waals surface area (Å²) in [5, 5.41) is 4.23. The third-order valence-electron chi connectivity index (χ3n) is 5.09. The topological polar surface area (TPSA) is 42.2 Å². The summed E-state index contributed by atoms with van der Waals surface area (Å²) in [7, 11) is 0. The van der Waals surface area contributed by atoms with E-state index in [-0.39, 0.29) is 11.9 Å². The van der Waals surface area contributed by atoms with E-state index >= 15 is 0 Å². The molecule has 0 aliphatic heterocycles. The van der Waals surface area contributed by atoms with E-state index in [1.54, 1.807) is 6.26 Å². The third kappa shape index (κ3) is 2.60. The van der Waals surface area contributed by atoms with Crippen LogP contribution in [-0.4, -0.2) is 5.91 Å². The van der Waals surface area contributed by atoms with Crippen LogP contribution < -0.4 is 5.32 Å². The van der Waals surface area contributed by atoms with Crippen molar-refractivity contribution in [3.8, 4) is 0 Å². The molecule has 1 aromatic heterocycles. The molecule has 2 aromatic carbocycles. The van der Waals surface area contributed by atoms with Crippen molar-refractivity contribution in [3.63, 3.8) is 0 Å². The van der Waals surface area contributed by atoms with Gasteiger partial charge >= 0.3 is 0 Å². The van der Waals surface area contributed by atoms with Gasteiger partial charge in [-0.15, -0.1) is 0 Å². The molecule has 0 spiro atoms. The van der Waals surface area contributed by atoms with Crippen molar-refractivity contribution in [2.24, 2.45) is 0 Å². The van der Waals surface area contributed by atoms with Gasteiger partial charge in [0, 0.05) is 10.9 Å². The van der Waals surface area contributed by atoms with Gasteiger partial charge in [-0.05, 0) is 61.1 Å². The zero-order valence-corrected chi connectivity index (χ0v) is 14.1. The molecule has 0 bridgehead atoms. The van der Waals surface area contributed by atoms with Crippen molar-refractivity contribution in [1.29, 1.82) is 0 Å². The van der Waals surface area contributed by atoms with Gasteiger partial charge in [-0.3, -0.25) is 4.79 Å². The Kier molecular flexibility index (Phi) is 3.64. The normalized spacial score (nSPS) is 16.3. The molecule has 3 aromatic rings. The van der Waals surface area contributed by atoms with Crippen molar-refractivity contribution in [3.05, 3.63) is 70.5 Å². The summed E-state index contributed by atoms with van der Waals surface area (Å²) in [5.41, 5.74) is 6.84. The molecule has 0 radical (unpaired) electrons. The van der Waals surface area contributed by atoms with E-state index in [0.29, 0.717) is 6.42 Å². The summed E-state index contributed by atoms with van der Waals surface area (Å²) >= 11 is 0. The van der Waals surface area contributed by atoms with Crippen LogP contribution in [0.1, 0.15) is 40.3 Å². The minimum absolute atomic E-state index is 0.0534. The number of rotatable bonds is 3. The first-order chi connectivity index (χ1) is 11.6. The molecule has 3 heteroatoms. The highest BCUT2D eigenvalue weighted by Gasteiger charge is 2.23. The molecule has 1 atom stereocenters. The molecule has 4 rings (SSSR count). The molecule has 0 unspecified atom stereocenters. The molecule has 1 N–H and O–H groups in total. The Morgan fingerprint density at radius 1 is 1.21 bits per heavy atom. The fourth-order valence-electron chi connectivity index (χ4n) is 3.60. The fraction of sp³-hybridized carbons (Fsp3) is 0.286. The third-order valence-corrected chi connectivity index (χ3v) is 5.09. The first-order valence-electron chi connectivity index (χ1n) is 8.46. The first-order valence-corrected chi connectivity index (χ1v) is 8.46. The number of carbonyl (C=O) groups excluding carboxylic acids is 1. The van der Waals surface area contributed by atoms with Crippen molar-refractivity contribution in [1.82, 2.24) is 5.32 Å². The highest BCUT2D eigenvalue weighted by atomic mass is 16.3. The highest BCUT2D eigenvalue weighted by molar-refractivity contribution is 5.88. The van der Waals surface area contributed by atoms with Gasteiger partial charge in [-0.1, -0.05) is 24.3 Å². The predicted octanol–water partition coefficient (Wildman–Crippen LogP) is 4.40. The van der Waals surface area contributed by atoms with Crippen LogP contribution in [0.4, 0.5) is 0 Å². The summed E-state index contributed by atoms with van der Waals surface area (Å²) in [5.74, 6) is 0.0534. The van der Waals surface area contributed by atoms with Crippen molar-refractivity contribution >= 4 is 16.9 Å². The van der Waals surface area contributed by atoms with Crippen LogP contribution in [0.5, 0.6) is 0 Å². The fourth-order valence-corrected chi connectivity index (χ4v) is 3.60. The number of nitrogens with one attached hydrogen (secondary N) is 1. The van der Waals surface area contributed by atoms with E-state index in [2.05, 4.69) is 43.4 Å². The molecule has 122 valence electrons. The monoisotopic (exact) mass is 319 g/mol. The molecule has 24 heavy (non-hydrogen) atoms. The van der Waals surface area contributed by atoms with Gasteiger partial charge in [0.05, 0.1) is 18.7 Å². The standard InChI is InChI=1S/C21H21NO2/c1-13-9-18-16(12-24-20(18)10-14(13)2)11-21(23)22-19-8-7-15-5-3-4-6-17(15)19/h3-6,9-10,12,19H,7-8,11H2,1-2H3,(H,22,23)/t19-/m0/s1. The summed E-state index contributed by atoms with van der Waals surface area (Å²) < 4.78 is 5.63. The second-order valence-corrected chi connectivity index (χ2v) is 6.73. The summed E-state index contributed by atoms with van der Waals surface area (Å²) in [6.45, 7) is 4.16. The van der Waals surface area contributed by atoms with E-state index in [0.717, 1.165) is 29.4 Å². The van der Waals surface area contributed by atoms with Crippen molar-refractivity contribution in [2.45, 2.75) is 39.2 Å². The van der Waals surface area contributed by atoms with Crippen LogP contribution in [0.25, 0.3) is 11.0 Å². The molecule has 1 amide bonds. The quantitative estimate of drug-likeness (QED) is 0.777. The summed E-state index contributed by atoms with van der Waals surface area (Å²) in [6.07, 6.45) is 4.09. The second-order valence-electron chi connectivity index (χ2n) is 6.73. The maximum absolute atomic E-state index is 12.5. The lowest BCUT2D eigenvalue weighted by Gasteiger charge is -2.13. The Labute approximate surface area is 141 Å². The van der Waals surface area contributed by atoms with Crippen LogP contribution in [0.3, 0.4) is 0 Å². The number of benzene rings is 2. The first kappa shape index (κ1) is 15.0. The van der Waals surface area contributed by atoms with Gasteiger partial charge in [-0.2, -0.15) is 0 Å². The van der Waals surface area contributed by atoms with Gasteiger partial charge in [0.25, 0.3) is 0 Å². The van der Waals surface area contributed by atoms with E-state index in [9.17, 15) is 4.79 Å². The molecular weight excluding hydrogens is 298 g/mol. The number of aryl methyl sites for hydroxylation is 3. The smallest absolute Gasteiger partial charge is 0.225 e. The van der Waals surface area contributed by atoms with Crippen LogP contribution in [0, 0.1) is 13.8 Å². The lowest BCUT2D eigenvalue weighted by molar-refractivity contribution is -0.121. The number of furan rings is 1. The van der Waals surface area contributed by atoms with Crippen LogP contribution in [0.15, 0.2) is 47.1 Å². The average molecular weight is 319 g/mol. The lowest BCUT2D eigenvalue weighted by Crippen LogP contribution is -2.28. The lowest BCUT2D eigenvalue weighted by atomic mass is 10.0. The van der Waals surface area contributed by atoms with Crippen molar-refractivity contribution < 1.29 is 9.21 Å². The van der Waals surface area contributed by atoms with E-state index in [1.807, 2.05) is 12.1 Å². The minimum atomic E-state index is 0.0534. The Balaban J connectivity index is 1.52. The van der Waals surface area contributed by atoms with E-state index < -0.39 is 0 Å². The Morgan fingerprint density at radius 2 is 2.00 bits per heavy atom. The number of carbonyl (C=O) groups is 1. The van der Waals surface area contributed by atoms with E-state index in [4.69, 9.17) is 4.42 Å².